The summed E-state index contributed by atoms with van der Waals surface area (Å²) >= 11 is 0. The lowest BCUT2D eigenvalue weighted by Gasteiger charge is -2.07. The third-order valence-corrected chi connectivity index (χ3v) is 3.72. The van der Waals surface area contributed by atoms with E-state index >= 15 is 0 Å². The minimum Gasteiger partial charge on any atom is -0.497 e. The van der Waals surface area contributed by atoms with E-state index in [2.05, 4.69) is 15.6 Å². The van der Waals surface area contributed by atoms with E-state index in [1.54, 1.807) is 13.2 Å². The van der Waals surface area contributed by atoms with Gasteiger partial charge in [0.25, 0.3) is 5.56 Å². The van der Waals surface area contributed by atoms with Gasteiger partial charge in [-0.3, -0.25) is 4.79 Å². The highest BCUT2D eigenvalue weighted by molar-refractivity contribution is 5.80. The summed E-state index contributed by atoms with van der Waals surface area (Å²) in [5.41, 5.74) is 1.27. The maximum absolute atomic E-state index is 12.1. The van der Waals surface area contributed by atoms with Gasteiger partial charge in [-0.1, -0.05) is 0 Å². The molecule has 1 fully saturated rings. The number of H-pyrrole nitrogens is 1. The van der Waals surface area contributed by atoms with Crippen LogP contribution in [0.1, 0.15) is 18.4 Å². The van der Waals surface area contributed by atoms with Crippen LogP contribution < -0.4 is 20.9 Å². The minimum absolute atomic E-state index is 0.134. The highest BCUT2D eigenvalue weighted by Gasteiger charge is 2.22. The van der Waals surface area contributed by atoms with Crippen molar-refractivity contribution in [3.05, 3.63) is 40.2 Å². The molecule has 1 heterocycles. The summed E-state index contributed by atoms with van der Waals surface area (Å²) < 4.78 is 5.14. The van der Waals surface area contributed by atoms with Crippen LogP contribution >= 0.6 is 0 Å². The fourth-order valence-electron chi connectivity index (χ4n) is 2.31. The Morgan fingerprint density at radius 1 is 1.36 bits per heavy atom. The number of nitrogens with one attached hydrogen (secondary N) is 3. The van der Waals surface area contributed by atoms with Crippen LogP contribution in [-0.4, -0.2) is 30.7 Å². The molecular weight excluding hydrogens is 282 g/mol. The van der Waals surface area contributed by atoms with E-state index in [1.807, 2.05) is 18.2 Å². The summed E-state index contributed by atoms with van der Waals surface area (Å²) in [5, 5.41) is 6.56. The van der Waals surface area contributed by atoms with Gasteiger partial charge in [0.2, 0.25) is 0 Å². The molecule has 22 heavy (non-hydrogen) atoms. The summed E-state index contributed by atoms with van der Waals surface area (Å²) in [6, 6.07) is 7.58. The van der Waals surface area contributed by atoms with E-state index in [-0.39, 0.29) is 11.6 Å². The van der Waals surface area contributed by atoms with E-state index in [0.717, 1.165) is 23.7 Å². The Labute approximate surface area is 127 Å². The first kappa shape index (κ1) is 14.4. The van der Waals surface area contributed by atoms with Crippen LogP contribution in [0, 0.1) is 0 Å². The van der Waals surface area contributed by atoms with Gasteiger partial charge in [-0.05, 0) is 42.8 Å². The molecule has 0 bridgehead atoms. The van der Waals surface area contributed by atoms with Crippen molar-refractivity contribution in [2.24, 2.45) is 0 Å². The molecule has 1 saturated carbocycles. The summed E-state index contributed by atoms with van der Waals surface area (Å²) in [6.07, 6.45) is 2.61. The summed E-state index contributed by atoms with van der Waals surface area (Å²) in [6.45, 7) is 0.434. The largest absolute Gasteiger partial charge is 0.497 e. The Hall–Kier alpha value is -2.50. The minimum atomic E-state index is -0.163. The fourth-order valence-corrected chi connectivity index (χ4v) is 2.31. The number of amides is 2. The van der Waals surface area contributed by atoms with Crippen molar-refractivity contribution < 1.29 is 9.53 Å². The molecule has 0 unspecified atom stereocenters. The molecule has 6 nitrogen and oxygen atoms in total. The maximum Gasteiger partial charge on any atom is 0.315 e. The molecule has 3 N–H and O–H groups in total. The highest BCUT2D eigenvalue weighted by atomic mass is 16.5. The monoisotopic (exact) mass is 301 g/mol. The number of pyridine rings is 1. The fraction of sp³-hybridized carbons (Fsp3) is 0.375. The van der Waals surface area contributed by atoms with Crippen molar-refractivity contribution in [1.29, 1.82) is 0 Å². The van der Waals surface area contributed by atoms with Crippen molar-refractivity contribution in [3.63, 3.8) is 0 Å². The first-order valence-electron chi connectivity index (χ1n) is 7.40. The molecule has 6 heteroatoms. The molecule has 2 amide bonds. The molecule has 0 saturated heterocycles. The number of carbonyl (C=O) groups excluding carboxylic acids is 1. The number of hydrogen-bond donors (Lipinski definition) is 3. The Morgan fingerprint density at radius 2 is 2.18 bits per heavy atom. The van der Waals surface area contributed by atoms with E-state index in [1.165, 1.54) is 0 Å². The number of carbonyl (C=O) groups is 1. The summed E-state index contributed by atoms with van der Waals surface area (Å²) in [7, 11) is 1.59. The van der Waals surface area contributed by atoms with Gasteiger partial charge in [-0.25, -0.2) is 4.79 Å². The molecule has 0 radical (unpaired) electrons. The molecule has 1 aliphatic rings. The van der Waals surface area contributed by atoms with Crippen LogP contribution in [0.15, 0.2) is 29.1 Å². The normalized spacial score (nSPS) is 13.9. The Balaban J connectivity index is 1.66. The summed E-state index contributed by atoms with van der Waals surface area (Å²) in [4.78, 5) is 26.5. The average molecular weight is 301 g/mol. The maximum atomic E-state index is 12.1. The number of fused-ring (bicyclic) bond motifs is 1. The third-order valence-electron chi connectivity index (χ3n) is 3.72. The lowest BCUT2D eigenvalue weighted by Crippen LogP contribution is -2.38. The van der Waals surface area contributed by atoms with Crippen LogP contribution in [-0.2, 0) is 6.42 Å². The number of urea groups is 1. The second-order valence-electron chi connectivity index (χ2n) is 5.50. The second-order valence-corrected chi connectivity index (χ2v) is 5.50. The van der Waals surface area contributed by atoms with Gasteiger partial charge in [0, 0.05) is 24.2 Å². The van der Waals surface area contributed by atoms with Crippen LogP contribution in [0.2, 0.25) is 0 Å². The molecule has 1 aromatic carbocycles. The van der Waals surface area contributed by atoms with E-state index in [4.69, 9.17) is 4.74 Å². The topological polar surface area (TPSA) is 83.2 Å². The van der Waals surface area contributed by atoms with Gasteiger partial charge < -0.3 is 20.4 Å². The van der Waals surface area contributed by atoms with Gasteiger partial charge in [0.15, 0.2) is 0 Å². The third kappa shape index (κ3) is 3.39. The Morgan fingerprint density at radius 3 is 2.91 bits per heavy atom. The molecular formula is C16H19N3O3. The summed E-state index contributed by atoms with van der Waals surface area (Å²) in [5.74, 6) is 0.703. The number of rotatable bonds is 5. The number of benzene rings is 1. The number of ether oxygens (including phenoxy) is 1. The van der Waals surface area contributed by atoms with Gasteiger partial charge >= 0.3 is 6.03 Å². The van der Waals surface area contributed by atoms with Gasteiger partial charge in [0.05, 0.1) is 12.6 Å². The highest BCUT2D eigenvalue weighted by Crippen LogP contribution is 2.19. The smallest absolute Gasteiger partial charge is 0.315 e. The van der Waals surface area contributed by atoms with E-state index in [0.29, 0.717) is 30.3 Å². The predicted molar refractivity (Wildman–Crippen MR) is 84.4 cm³/mol. The quantitative estimate of drug-likeness (QED) is 0.783. The average Bonchev–Trinajstić information content (AvgIpc) is 3.31. The van der Waals surface area contributed by atoms with Crippen molar-refractivity contribution in [2.75, 3.05) is 13.7 Å². The van der Waals surface area contributed by atoms with Crippen molar-refractivity contribution in [3.8, 4) is 5.75 Å². The Bertz CT molecular complexity index is 750. The standard InChI is InChI=1S/C16H19N3O3/c1-22-13-5-2-10-8-11(15(20)19-14(10)9-13)6-7-17-16(21)18-12-3-4-12/h2,5,8-9,12H,3-4,6-7H2,1H3,(H,19,20)(H2,17,18,21). The lowest BCUT2D eigenvalue weighted by molar-refractivity contribution is 0.240. The lowest BCUT2D eigenvalue weighted by atomic mass is 10.1. The molecule has 2 aromatic rings. The van der Waals surface area contributed by atoms with Crippen molar-refractivity contribution in [2.45, 2.75) is 25.3 Å². The molecule has 1 aromatic heterocycles. The Kier molecular flexibility index (Phi) is 4.00. The van der Waals surface area contributed by atoms with Gasteiger partial charge in [-0.15, -0.1) is 0 Å². The zero-order chi connectivity index (χ0) is 15.5. The molecule has 0 aliphatic heterocycles. The second kappa shape index (κ2) is 6.09. The number of aromatic nitrogens is 1. The molecule has 0 atom stereocenters. The predicted octanol–water partition coefficient (Wildman–Crippen LogP) is 1.54. The number of methoxy groups -OCH3 is 1. The first-order chi connectivity index (χ1) is 10.7. The van der Waals surface area contributed by atoms with E-state index < -0.39 is 0 Å². The van der Waals surface area contributed by atoms with Crippen molar-refractivity contribution >= 4 is 16.9 Å². The number of aromatic amines is 1. The van der Waals surface area contributed by atoms with Crippen LogP contribution in [0.5, 0.6) is 5.75 Å². The van der Waals surface area contributed by atoms with Gasteiger partial charge in [-0.2, -0.15) is 0 Å². The van der Waals surface area contributed by atoms with Crippen LogP contribution in [0.25, 0.3) is 10.9 Å². The zero-order valence-electron chi connectivity index (χ0n) is 12.4. The first-order valence-corrected chi connectivity index (χ1v) is 7.40. The van der Waals surface area contributed by atoms with Crippen LogP contribution in [0.4, 0.5) is 4.79 Å². The SMILES string of the molecule is COc1ccc2cc(CCNC(=O)NC3CC3)c(=O)[nH]c2c1. The molecule has 0 spiro atoms. The molecule has 1 aliphatic carbocycles. The zero-order valence-corrected chi connectivity index (χ0v) is 12.4. The van der Waals surface area contributed by atoms with Crippen molar-refractivity contribution in [1.82, 2.24) is 15.6 Å². The number of hydrogen-bond acceptors (Lipinski definition) is 3. The van der Waals surface area contributed by atoms with E-state index in [9.17, 15) is 9.59 Å². The molecule has 116 valence electrons. The van der Waals surface area contributed by atoms with Gasteiger partial charge in [0.1, 0.15) is 5.75 Å². The molecule has 3 rings (SSSR count). The van der Waals surface area contributed by atoms with Crippen LogP contribution in [0.3, 0.4) is 0 Å².